The van der Waals surface area contributed by atoms with Crippen LogP contribution in [0, 0.1) is 0 Å². The summed E-state index contributed by atoms with van der Waals surface area (Å²) in [4.78, 5) is 13.1. The van der Waals surface area contributed by atoms with Crippen LogP contribution in [0.5, 0.6) is 0 Å². The molecule has 0 aliphatic heterocycles. The molecule has 0 saturated heterocycles. The molecule has 0 spiro atoms. The highest BCUT2D eigenvalue weighted by atomic mass is 79.9. The van der Waals surface area contributed by atoms with E-state index in [0.29, 0.717) is 9.77 Å². The quantitative estimate of drug-likeness (QED) is 0.805. The predicted molar refractivity (Wildman–Crippen MR) is 74.1 cm³/mol. The van der Waals surface area contributed by atoms with Gasteiger partial charge in [-0.2, -0.15) is 0 Å². The van der Waals surface area contributed by atoms with Crippen LogP contribution in [0.3, 0.4) is 0 Å². The van der Waals surface area contributed by atoms with Crippen LogP contribution in [-0.2, 0) is 10.8 Å². The monoisotopic (exact) mass is 328 g/mol. The molecule has 88 valence electrons. The molecule has 1 unspecified atom stereocenters. The summed E-state index contributed by atoms with van der Waals surface area (Å²) < 4.78 is 12.8. The van der Waals surface area contributed by atoms with Gasteiger partial charge in [0.2, 0.25) is 0 Å². The molecule has 2 rings (SSSR count). The van der Waals surface area contributed by atoms with Crippen molar-refractivity contribution < 1.29 is 9.00 Å². The van der Waals surface area contributed by atoms with E-state index in [9.17, 15) is 9.00 Å². The SMILES string of the molecule is O=C(CS(=O)c1cccc(Br)c1)c1cccs1. The van der Waals surface area contributed by atoms with Crippen molar-refractivity contribution in [2.24, 2.45) is 0 Å². The van der Waals surface area contributed by atoms with Gasteiger partial charge in [-0.1, -0.05) is 28.1 Å². The van der Waals surface area contributed by atoms with Crippen molar-refractivity contribution in [2.75, 3.05) is 5.75 Å². The van der Waals surface area contributed by atoms with E-state index in [-0.39, 0.29) is 11.5 Å². The second-order valence-corrected chi connectivity index (χ2v) is 6.66. The molecule has 0 amide bonds. The molecule has 0 N–H and O–H groups in total. The Bertz CT molecular complexity index is 549. The van der Waals surface area contributed by atoms with Gasteiger partial charge >= 0.3 is 0 Å². The van der Waals surface area contributed by atoms with Gasteiger partial charge in [-0.15, -0.1) is 11.3 Å². The number of halogens is 1. The molecule has 2 aromatic rings. The van der Waals surface area contributed by atoms with Crippen molar-refractivity contribution in [2.45, 2.75) is 4.90 Å². The molecule has 1 heterocycles. The lowest BCUT2D eigenvalue weighted by Crippen LogP contribution is -2.09. The Morgan fingerprint density at radius 2 is 2.12 bits per heavy atom. The Labute approximate surface area is 114 Å². The van der Waals surface area contributed by atoms with Crippen LogP contribution >= 0.6 is 27.3 Å². The van der Waals surface area contributed by atoms with Crippen LogP contribution < -0.4 is 0 Å². The second-order valence-electron chi connectivity index (χ2n) is 3.35. The molecule has 0 fully saturated rings. The molecular formula is C12H9BrO2S2. The standard InChI is InChI=1S/C12H9BrO2S2/c13-9-3-1-4-10(7-9)17(15)8-11(14)12-5-2-6-16-12/h1-7H,8H2. The lowest BCUT2D eigenvalue weighted by atomic mass is 10.3. The normalized spacial score (nSPS) is 12.3. The van der Waals surface area contributed by atoms with Crippen molar-refractivity contribution in [1.29, 1.82) is 0 Å². The summed E-state index contributed by atoms with van der Waals surface area (Å²) in [6.45, 7) is 0. The molecule has 5 heteroatoms. The first-order valence-electron chi connectivity index (χ1n) is 4.87. The largest absolute Gasteiger partial charge is 0.292 e. The van der Waals surface area contributed by atoms with Crippen molar-refractivity contribution >= 4 is 43.8 Å². The lowest BCUT2D eigenvalue weighted by molar-refractivity contribution is 0.102. The number of ketones is 1. The Kier molecular flexibility index (Phi) is 4.25. The lowest BCUT2D eigenvalue weighted by Gasteiger charge is -2.01. The Morgan fingerprint density at radius 1 is 1.29 bits per heavy atom. The minimum Gasteiger partial charge on any atom is -0.292 e. The summed E-state index contributed by atoms with van der Waals surface area (Å²) >= 11 is 4.70. The van der Waals surface area contributed by atoms with E-state index in [1.54, 1.807) is 18.2 Å². The summed E-state index contributed by atoms with van der Waals surface area (Å²) in [5.41, 5.74) is 0. The first-order valence-corrected chi connectivity index (χ1v) is 7.86. The number of hydrogen-bond donors (Lipinski definition) is 0. The molecule has 0 aliphatic carbocycles. The van der Waals surface area contributed by atoms with Crippen LogP contribution in [0.15, 0.2) is 51.1 Å². The summed E-state index contributed by atoms with van der Waals surface area (Å²) in [5.74, 6) is -0.0324. The number of Topliss-reactive ketones (excluding diaryl/α,β-unsaturated/α-hetero) is 1. The smallest absolute Gasteiger partial charge is 0.185 e. The first kappa shape index (κ1) is 12.7. The maximum absolute atomic E-state index is 12.0. The molecule has 0 aliphatic rings. The van der Waals surface area contributed by atoms with E-state index in [2.05, 4.69) is 15.9 Å². The first-order chi connectivity index (χ1) is 8.16. The summed E-state index contributed by atoms with van der Waals surface area (Å²) in [6, 6.07) is 10.8. The number of rotatable bonds is 4. The molecule has 0 saturated carbocycles. The number of carbonyl (C=O) groups excluding carboxylic acids is 1. The Morgan fingerprint density at radius 3 is 2.76 bits per heavy atom. The Balaban J connectivity index is 2.10. The van der Waals surface area contributed by atoms with Crippen molar-refractivity contribution in [3.8, 4) is 0 Å². The molecule has 1 aromatic carbocycles. The van der Waals surface area contributed by atoms with Gasteiger partial charge < -0.3 is 0 Å². The van der Waals surface area contributed by atoms with Gasteiger partial charge in [-0.05, 0) is 29.6 Å². The third-order valence-electron chi connectivity index (χ3n) is 2.12. The average molecular weight is 329 g/mol. The molecule has 0 bridgehead atoms. The third-order valence-corrected chi connectivity index (χ3v) is 4.83. The van der Waals surface area contributed by atoms with E-state index >= 15 is 0 Å². The zero-order valence-electron chi connectivity index (χ0n) is 8.76. The highest BCUT2D eigenvalue weighted by Gasteiger charge is 2.13. The topological polar surface area (TPSA) is 34.1 Å². The maximum atomic E-state index is 12.0. The fraction of sp³-hybridized carbons (Fsp3) is 0.0833. The highest BCUT2D eigenvalue weighted by Crippen LogP contribution is 2.16. The predicted octanol–water partition coefficient (Wildman–Crippen LogP) is 3.50. The van der Waals surface area contributed by atoms with Gasteiger partial charge in [0, 0.05) is 9.37 Å². The van der Waals surface area contributed by atoms with Gasteiger partial charge in [0.15, 0.2) is 5.78 Å². The Hall–Kier alpha value is -0.780. The van der Waals surface area contributed by atoms with Crippen molar-refractivity contribution in [1.82, 2.24) is 0 Å². The summed E-state index contributed by atoms with van der Waals surface area (Å²) in [5, 5.41) is 1.84. The minimum absolute atomic E-state index is 0.0387. The van der Waals surface area contributed by atoms with Crippen LogP contribution in [0.4, 0.5) is 0 Å². The van der Waals surface area contributed by atoms with E-state index in [1.807, 2.05) is 23.6 Å². The van der Waals surface area contributed by atoms with Crippen molar-refractivity contribution in [3.63, 3.8) is 0 Å². The van der Waals surface area contributed by atoms with Crippen LogP contribution in [0.2, 0.25) is 0 Å². The fourth-order valence-corrected chi connectivity index (χ4v) is 3.68. The van der Waals surface area contributed by atoms with Crippen LogP contribution in [-0.4, -0.2) is 15.7 Å². The van der Waals surface area contributed by atoms with Crippen LogP contribution in [0.1, 0.15) is 9.67 Å². The van der Waals surface area contributed by atoms with Gasteiger partial charge in [-0.3, -0.25) is 9.00 Å². The average Bonchev–Trinajstić information content (AvgIpc) is 2.82. The molecule has 1 aromatic heterocycles. The van der Waals surface area contributed by atoms with Gasteiger partial charge in [0.1, 0.15) is 0 Å². The van der Waals surface area contributed by atoms with E-state index in [0.717, 1.165) is 4.47 Å². The molecule has 1 atom stereocenters. The molecule has 17 heavy (non-hydrogen) atoms. The highest BCUT2D eigenvalue weighted by molar-refractivity contribution is 9.10. The van der Waals surface area contributed by atoms with E-state index < -0.39 is 10.8 Å². The zero-order chi connectivity index (χ0) is 12.3. The second kappa shape index (κ2) is 5.71. The molecule has 2 nitrogen and oxygen atoms in total. The third kappa shape index (κ3) is 3.34. The fourth-order valence-electron chi connectivity index (χ4n) is 1.32. The minimum atomic E-state index is -1.28. The number of carbonyl (C=O) groups is 1. The van der Waals surface area contributed by atoms with Gasteiger partial charge in [-0.25, -0.2) is 0 Å². The van der Waals surface area contributed by atoms with E-state index in [1.165, 1.54) is 11.3 Å². The van der Waals surface area contributed by atoms with Crippen molar-refractivity contribution in [3.05, 3.63) is 51.1 Å². The van der Waals surface area contributed by atoms with Gasteiger partial charge in [0.25, 0.3) is 0 Å². The number of benzene rings is 1. The van der Waals surface area contributed by atoms with Crippen LogP contribution in [0.25, 0.3) is 0 Å². The summed E-state index contributed by atoms with van der Waals surface area (Å²) in [6.07, 6.45) is 0. The maximum Gasteiger partial charge on any atom is 0.185 e. The number of hydrogen-bond acceptors (Lipinski definition) is 3. The van der Waals surface area contributed by atoms with Gasteiger partial charge in [0.05, 0.1) is 21.4 Å². The number of thiophene rings is 1. The van der Waals surface area contributed by atoms with E-state index in [4.69, 9.17) is 0 Å². The molecular weight excluding hydrogens is 320 g/mol. The molecule has 0 radical (unpaired) electrons. The summed E-state index contributed by atoms with van der Waals surface area (Å²) in [7, 11) is -1.28. The zero-order valence-corrected chi connectivity index (χ0v) is 12.0.